The summed E-state index contributed by atoms with van der Waals surface area (Å²) in [6.07, 6.45) is 1.56. The first-order chi connectivity index (χ1) is 14.2. The topological polar surface area (TPSA) is 78.3 Å². The summed E-state index contributed by atoms with van der Waals surface area (Å²) >= 11 is 0. The molecule has 0 saturated carbocycles. The molecule has 29 heavy (non-hydrogen) atoms. The molecule has 2 aromatic carbocycles. The number of pyridine rings is 1. The van der Waals surface area contributed by atoms with Gasteiger partial charge in [-0.05, 0) is 37.3 Å². The van der Waals surface area contributed by atoms with Crippen LogP contribution < -0.4 is 14.8 Å². The lowest BCUT2D eigenvalue weighted by Gasteiger charge is -2.19. The fraction of sp³-hybridized carbons (Fsp3) is 0.136. The molecule has 1 aliphatic heterocycles. The van der Waals surface area contributed by atoms with Gasteiger partial charge in [0, 0.05) is 17.1 Å². The van der Waals surface area contributed by atoms with Crippen molar-refractivity contribution in [3.63, 3.8) is 0 Å². The van der Waals surface area contributed by atoms with Crippen molar-refractivity contribution in [1.82, 2.24) is 14.8 Å². The van der Waals surface area contributed by atoms with E-state index in [1.54, 1.807) is 29.1 Å². The summed E-state index contributed by atoms with van der Waals surface area (Å²) in [6.45, 7) is 2.87. The summed E-state index contributed by atoms with van der Waals surface area (Å²) < 4.78 is 12.8. The Kier molecular flexibility index (Phi) is 4.13. The molecule has 4 aromatic rings. The second-order valence-corrected chi connectivity index (χ2v) is 6.73. The van der Waals surface area contributed by atoms with Gasteiger partial charge in [-0.1, -0.05) is 18.2 Å². The molecular formula is C22H18N4O3. The van der Waals surface area contributed by atoms with Crippen molar-refractivity contribution in [3.05, 3.63) is 72.1 Å². The lowest BCUT2D eigenvalue weighted by Crippen LogP contribution is -2.16. The molecule has 0 bridgehead atoms. The van der Waals surface area contributed by atoms with Gasteiger partial charge < -0.3 is 14.8 Å². The summed E-state index contributed by atoms with van der Waals surface area (Å²) in [5.41, 5.74) is 2.70. The number of amides is 1. The summed E-state index contributed by atoms with van der Waals surface area (Å²) in [6, 6.07) is 17.1. The molecule has 0 saturated heterocycles. The van der Waals surface area contributed by atoms with Crippen LogP contribution in [0.15, 0.2) is 60.8 Å². The van der Waals surface area contributed by atoms with E-state index in [-0.39, 0.29) is 5.91 Å². The Morgan fingerprint density at radius 1 is 1.03 bits per heavy atom. The van der Waals surface area contributed by atoms with Crippen LogP contribution in [0.25, 0.3) is 16.7 Å². The van der Waals surface area contributed by atoms with Crippen LogP contribution in [0.5, 0.6) is 11.5 Å². The van der Waals surface area contributed by atoms with Crippen LogP contribution in [0.4, 0.5) is 5.69 Å². The molecule has 1 aliphatic rings. The van der Waals surface area contributed by atoms with Gasteiger partial charge in [-0.25, -0.2) is 9.67 Å². The second-order valence-electron chi connectivity index (χ2n) is 6.73. The first kappa shape index (κ1) is 17.2. The minimum atomic E-state index is -0.244. The molecule has 144 valence electrons. The number of anilines is 1. The van der Waals surface area contributed by atoms with Crippen LogP contribution in [-0.2, 0) is 0 Å². The Morgan fingerprint density at radius 2 is 1.86 bits per heavy atom. The second kappa shape index (κ2) is 6.94. The number of ether oxygens (including phenoxy) is 2. The number of hydrogen-bond acceptors (Lipinski definition) is 5. The van der Waals surface area contributed by atoms with Crippen molar-refractivity contribution in [3.8, 4) is 17.3 Å². The quantitative estimate of drug-likeness (QED) is 0.580. The van der Waals surface area contributed by atoms with E-state index in [1.807, 2.05) is 43.3 Å². The SMILES string of the molecule is Cc1c(C(=O)Nc2ccc3c(c2)OCCO3)cnn1-c1ccc2ccccc2n1. The van der Waals surface area contributed by atoms with Gasteiger partial charge in [0.25, 0.3) is 5.91 Å². The number of rotatable bonds is 3. The Labute approximate surface area is 166 Å². The lowest BCUT2D eigenvalue weighted by molar-refractivity contribution is 0.102. The molecule has 0 radical (unpaired) electrons. The molecule has 7 nitrogen and oxygen atoms in total. The van der Waals surface area contributed by atoms with Gasteiger partial charge in [0.2, 0.25) is 0 Å². The fourth-order valence-electron chi connectivity index (χ4n) is 3.36. The van der Waals surface area contributed by atoms with E-state index in [0.717, 1.165) is 10.9 Å². The van der Waals surface area contributed by atoms with Gasteiger partial charge in [0.1, 0.15) is 13.2 Å². The molecule has 3 heterocycles. The minimum Gasteiger partial charge on any atom is -0.486 e. The monoisotopic (exact) mass is 386 g/mol. The van der Waals surface area contributed by atoms with E-state index < -0.39 is 0 Å². The van der Waals surface area contributed by atoms with Crippen LogP contribution in [0.2, 0.25) is 0 Å². The predicted octanol–water partition coefficient (Wildman–Crippen LogP) is 3.75. The molecule has 0 unspecified atom stereocenters. The number of hydrogen-bond donors (Lipinski definition) is 1. The number of nitrogens with one attached hydrogen (secondary N) is 1. The molecule has 0 aliphatic carbocycles. The summed E-state index contributed by atoms with van der Waals surface area (Å²) in [7, 11) is 0. The van der Waals surface area contributed by atoms with Crippen LogP contribution in [-0.4, -0.2) is 33.9 Å². The lowest BCUT2D eigenvalue weighted by atomic mass is 10.2. The van der Waals surface area contributed by atoms with Gasteiger partial charge in [0.15, 0.2) is 17.3 Å². The summed E-state index contributed by atoms with van der Waals surface area (Å²) in [4.78, 5) is 17.5. The van der Waals surface area contributed by atoms with E-state index >= 15 is 0 Å². The maximum absolute atomic E-state index is 12.8. The molecule has 1 amide bonds. The van der Waals surface area contributed by atoms with E-state index in [0.29, 0.717) is 47.5 Å². The summed E-state index contributed by atoms with van der Waals surface area (Å²) in [5.74, 6) is 1.73. The van der Waals surface area contributed by atoms with Crippen molar-refractivity contribution < 1.29 is 14.3 Å². The molecular weight excluding hydrogens is 368 g/mol. The number of nitrogens with zero attached hydrogens (tertiary/aromatic N) is 3. The highest BCUT2D eigenvalue weighted by atomic mass is 16.6. The fourth-order valence-corrected chi connectivity index (χ4v) is 3.36. The van der Waals surface area contributed by atoms with Gasteiger partial charge in [-0.15, -0.1) is 0 Å². The zero-order chi connectivity index (χ0) is 19.8. The number of para-hydroxylation sites is 1. The third kappa shape index (κ3) is 3.16. The summed E-state index contributed by atoms with van der Waals surface area (Å²) in [5, 5.41) is 8.32. The van der Waals surface area contributed by atoms with Crippen LogP contribution in [0.3, 0.4) is 0 Å². The van der Waals surface area contributed by atoms with Crippen LogP contribution in [0, 0.1) is 6.92 Å². The number of fused-ring (bicyclic) bond motifs is 2. The van der Waals surface area contributed by atoms with E-state index in [2.05, 4.69) is 15.4 Å². The number of benzene rings is 2. The van der Waals surface area contributed by atoms with Crippen LogP contribution >= 0.6 is 0 Å². The molecule has 0 atom stereocenters. The van der Waals surface area contributed by atoms with Gasteiger partial charge >= 0.3 is 0 Å². The number of aromatic nitrogens is 3. The molecule has 0 fully saturated rings. The Balaban J connectivity index is 1.42. The smallest absolute Gasteiger partial charge is 0.259 e. The number of carbonyl (C=O) groups is 1. The van der Waals surface area contributed by atoms with E-state index in [4.69, 9.17) is 9.47 Å². The van der Waals surface area contributed by atoms with Crippen LogP contribution in [0.1, 0.15) is 16.1 Å². The Bertz CT molecular complexity index is 1230. The van der Waals surface area contributed by atoms with Crippen molar-refractivity contribution in [2.45, 2.75) is 6.92 Å². The zero-order valence-corrected chi connectivity index (χ0v) is 15.8. The first-order valence-electron chi connectivity index (χ1n) is 9.31. The van der Waals surface area contributed by atoms with Gasteiger partial charge in [-0.2, -0.15) is 5.10 Å². The predicted molar refractivity (Wildman–Crippen MR) is 109 cm³/mol. The Morgan fingerprint density at radius 3 is 2.76 bits per heavy atom. The minimum absolute atomic E-state index is 0.244. The van der Waals surface area contributed by atoms with E-state index in [9.17, 15) is 4.79 Å². The maximum Gasteiger partial charge on any atom is 0.259 e. The molecule has 5 rings (SSSR count). The van der Waals surface area contributed by atoms with Crippen molar-refractivity contribution >= 4 is 22.5 Å². The van der Waals surface area contributed by atoms with Crippen molar-refractivity contribution in [2.24, 2.45) is 0 Å². The molecule has 7 heteroatoms. The van der Waals surface area contributed by atoms with Crippen molar-refractivity contribution in [2.75, 3.05) is 18.5 Å². The average molecular weight is 386 g/mol. The highest BCUT2D eigenvalue weighted by Crippen LogP contribution is 2.32. The van der Waals surface area contributed by atoms with Gasteiger partial charge in [0.05, 0.1) is 23.0 Å². The third-order valence-corrected chi connectivity index (χ3v) is 4.86. The van der Waals surface area contributed by atoms with Crippen molar-refractivity contribution in [1.29, 1.82) is 0 Å². The first-order valence-corrected chi connectivity index (χ1v) is 9.31. The normalized spacial score (nSPS) is 12.7. The van der Waals surface area contributed by atoms with E-state index in [1.165, 1.54) is 0 Å². The molecule has 1 N–H and O–H groups in total. The highest BCUT2D eigenvalue weighted by Gasteiger charge is 2.18. The zero-order valence-electron chi connectivity index (χ0n) is 15.8. The Hall–Kier alpha value is -3.87. The third-order valence-electron chi connectivity index (χ3n) is 4.86. The average Bonchev–Trinajstić information content (AvgIpc) is 3.14. The maximum atomic E-state index is 12.8. The van der Waals surface area contributed by atoms with Gasteiger partial charge in [-0.3, -0.25) is 4.79 Å². The standard InChI is InChI=1S/C22H18N4O3/c1-14-17(22(27)24-16-7-8-19-20(12-16)29-11-10-28-19)13-23-26(14)21-9-6-15-4-2-3-5-18(15)25-21/h2-9,12-13H,10-11H2,1H3,(H,24,27). The molecule has 2 aromatic heterocycles. The largest absolute Gasteiger partial charge is 0.486 e. The number of carbonyl (C=O) groups excluding carboxylic acids is 1. The highest BCUT2D eigenvalue weighted by molar-refractivity contribution is 6.05. The molecule has 0 spiro atoms.